The van der Waals surface area contributed by atoms with Gasteiger partial charge in [0.2, 0.25) is 0 Å². The summed E-state index contributed by atoms with van der Waals surface area (Å²) in [4.78, 5) is 4.47. The summed E-state index contributed by atoms with van der Waals surface area (Å²) in [5.41, 5.74) is 2.69. The minimum Gasteiger partial charge on any atom is -0.381 e. The highest BCUT2D eigenvalue weighted by atomic mass is 16.5. The van der Waals surface area contributed by atoms with Gasteiger partial charge in [0, 0.05) is 45.0 Å². The number of hydrogen-bond donors (Lipinski definition) is 1. The molecule has 88 valence electrons. The summed E-state index contributed by atoms with van der Waals surface area (Å²) < 4.78 is 7.75. The van der Waals surface area contributed by atoms with Crippen molar-refractivity contribution in [3.8, 4) is 0 Å². The van der Waals surface area contributed by atoms with Gasteiger partial charge in [-0.15, -0.1) is 0 Å². The van der Waals surface area contributed by atoms with Crippen molar-refractivity contribution >= 4 is 0 Å². The number of rotatable bonds is 3. The normalized spacial score (nSPS) is 24.6. The van der Waals surface area contributed by atoms with Crippen LogP contribution in [-0.2, 0) is 24.2 Å². The Labute approximate surface area is 96.0 Å². The standard InChI is InChI=1S/C12H19N3O/c1-4-13-7-11-12(1)15(9-14-11)5-2-10-3-6-16-8-10/h9-10,13H,1-8H2. The summed E-state index contributed by atoms with van der Waals surface area (Å²) in [5, 5.41) is 3.36. The average molecular weight is 221 g/mol. The number of nitrogens with zero attached hydrogens (tertiary/aromatic N) is 2. The fourth-order valence-electron chi connectivity index (χ4n) is 2.62. The van der Waals surface area contributed by atoms with Crippen molar-refractivity contribution in [2.45, 2.75) is 32.4 Å². The summed E-state index contributed by atoms with van der Waals surface area (Å²) in [5.74, 6) is 0.764. The molecule has 0 aromatic carbocycles. The number of imidazole rings is 1. The number of aryl methyl sites for hydroxylation is 1. The molecule has 1 saturated heterocycles. The maximum atomic E-state index is 5.40. The van der Waals surface area contributed by atoms with E-state index in [1.54, 1.807) is 0 Å². The molecule has 4 heteroatoms. The lowest BCUT2D eigenvalue weighted by molar-refractivity contribution is 0.183. The molecule has 0 aliphatic carbocycles. The summed E-state index contributed by atoms with van der Waals surface area (Å²) >= 11 is 0. The largest absolute Gasteiger partial charge is 0.381 e. The Morgan fingerprint density at radius 1 is 1.56 bits per heavy atom. The zero-order valence-electron chi connectivity index (χ0n) is 9.61. The Morgan fingerprint density at radius 2 is 2.56 bits per heavy atom. The molecule has 4 nitrogen and oxygen atoms in total. The number of hydrogen-bond acceptors (Lipinski definition) is 3. The molecule has 1 aromatic heterocycles. The van der Waals surface area contributed by atoms with Crippen LogP contribution in [0.2, 0.25) is 0 Å². The maximum Gasteiger partial charge on any atom is 0.0952 e. The molecular weight excluding hydrogens is 202 g/mol. The molecule has 0 saturated carbocycles. The molecule has 0 bridgehead atoms. The van der Waals surface area contributed by atoms with Gasteiger partial charge in [0.05, 0.1) is 12.0 Å². The quantitative estimate of drug-likeness (QED) is 0.826. The molecule has 1 fully saturated rings. The summed E-state index contributed by atoms with van der Waals surface area (Å²) in [6.45, 7) is 5.05. The van der Waals surface area contributed by atoms with E-state index >= 15 is 0 Å². The molecule has 16 heavy (non-hydrogen) atoms. The van der Waals surface area contributed by atoms with Crippen molar-refractivity contribution < 1.29 is 4.74 Å². The maximum absolute atomic E-state index is 5.40. The van der Waals surface area contributed by atoms with Crippen LogP contribution in [-0.4, -0.2) is 29.3 Å². The second-order valence-electron chi connectivity index (χ2n) is 4.78. The van der Waals surface area contributed by atoms with Crippen LogP contribution in [0.3, 0.4) is 0 Å². The highest BCUT2D eigenvalue weighted by molar-refractivity contribution is 5.16. The molecule has 1 N–H and O–H groups in total. The third-order valence-electron chi connectivity index (χ3n) is 3.67. The van der Waals surface area contributed by atoms with Gasteiger partial charge in [-0.25, -0.2) is 4.98 Å². The second-order valence-corrected chi connectivity index (χ2v) is 4.78. The highest BCUT2D eigenvalue weighted by Crippen LogP contribution is 2.19. The third kappa shape index (κ3) is 1.99. The van der Waals surface area contributed by atoms with Crippen molar-refractivity contribution in [1.29, 1.82) is 0 Å². The Kier molecular flexibility index (Phi) is 2.93. The number of fused-ring (bicyclic) bond motifs is 1. The molecule has 0 spiro atoms. The molecule has 0 amide bonds. The monoisotopic (exact) mass is 221 g/mol. The number of ether oxygens (including phenoxy) is 1. The van der Waals surface area contributed by atoms with Gasteiger partial charge < -0.3 is 14.6 Å². The third-order valence-corrected chi connectivity index (χ3v) is 3.67. The average Bonchev–Trinajstić information content (AvgIpc) is 2.96. The number of nitrogens with one attached hydrogen (secondary N) is 1. The lowest BCUT2D eigenvalue weighted by Crippen LogP contribution is -2.25. The fourth-order valence-corrected chi connectivity index (χ4v) is 2.62. The van der Waals surface area contributed by atoms with Crippen LogP contribution in [0, 0.1) is 5.92 Å². The van der Waals surface area contributed by atoms with Crippen LogP contribution < -0.4 is 5.32 Å². The lowest BCUT2D eigenvalue weighted by atomic mass is 10.1. The Hall–Kier alpha value is -0.870. The van der Waals surface area contributed by atoms with Crippen LogP contribution in [0.5, 0.6) is 0 Å². The molecule has 1 aromatic rings. The van der Waals surface area contributed by atoms with E-state index in [4.69, 9.17) is 4.74 Å². The van der Waals surface area contributed by atoms with E-state index in [0.29, 0.717) is 0 Å². The van der Waals surface area contributed by atoms with E-state index in [9.17, 15) is 0 Å². The highest BCUT2D eigenvalue weighted by Gasteiger charge is 2.18. The van der Waals surface area contributed by atoms with Gasteiger partial charge in [-0.2, -0.15) is 0 Å². The molecule has 3 heterocycles. The zero-order valence-corrected chi connectivity index (χ0v) is 9.61. The van der Waals surface area contributed by atoms with Crippen LogP contribution in [0.1, 0.15) is 24.2 Å². The van der Waals surface area contributed by atoms with Crippen molar-refractivity contribution in [1.82, 2.24) is 14.9 Å². The Bertz CT molecular complexity index is 355. The summed E-state index contributed by atoms with van der Waals surface area (Å²) in [7, 11) is 0. The van der Waals surface area contributed by atoms with E-state index in [0.717, 1.165) is 45.2 Å². The molecule has 3 rings (SSSR count). The fraction of sp³-hybridized carbons (Fsp3) is 0.750. The molecule has 1 atom stereocenters. The van der Waals surface area contributed by atoms with Crippen LogP contribution in [0.4, 0.5) is 0 Å². The first-order valence-corrected chi connectivity index (χ1v) is 6.25. The van der Waals surface area contributed by atoms with Gasteiger partial charge in [0.25, 0.3) is 0 Å². The van der Waals surface area contributed by atoms with Crippen molar-refractivity contribution in [2.24, 2.45) is 5.92 Å². The second kappa shape index (κ2) is 4.55. The molecule has 2 aliphatic rings. The predicted octanol–water partition coefficient (Wildman–Crippen LogP) is 0.955. The minimum atomic E-state index is 0.764. The van der Waals surface area contributed by atoms with Gasteiger partial charge in [-0.1, -0.05) is 0 Å². The Morgan fingerprint density at radius 3 is 3.44 bits per heavy atom. The summed E-state index contributed by atoms with van der Waals surface area (Å²) in [6, 6.07) is 0. The number of aromatic nitrogens is 2. The predicted molar refractivity (Wildman–Crippen MR) is 61.2 cm³/mol. The van der Waals surface area contributed by atoms with Gasteiger partial charge in [-0.3, -0.25) is 0 Å². The van der Waals surface area contributed by atoms with Gasteiger partial charge >= 0.3 is 0 Å². The molecule has 1 unspecified atom stereocenters. The van der Waals surface area contributed by atoms with Gasteiger partial charge in [0.15, 0.2) is 0 Å². The first-order valence-electron chi connectivity index (χ1n) is 6.25. The van der Waals surface area contributed by atoms with E-state index < -0.39 is 0 Å². The van der Waals surface area contributed by atoms with Crippen molar-refractivity contribution in [2.75, 3.05) is 19.8 Å². The van der Waals surface area contributed by atoms with E-state index in [1.165, 1.54) is 24.2 Å². The molecular formula is C12H19N3O. The van der Waals surface area contributed by atoms with E-state index in [2.05, 4.69) is 14.9 Å². The van der Waals surface area contributed by atoms with Gasteiger partial charge in [0.1, 0.15) is 0 Å². The minimum absolute atomic E-state index is 0.764. The van der Waals surface area contributed by atoms with E-state index in [1.807, 2.05) is 6.33 Å². The topological polar surface area (TPSA) is 39.1 Å². The molecule has 0 radical (unpaired) electrons. The Balaban J connectivity index is 1.63. The lowest BCUT2D eigenvalue weighted by Gasteiger charge is -2.16. The smallest absolute Gasteiger partial charge is 0.0952 e. The first-order chi connectivity index (χ1) is 7.93. The SMILES string of the molecule is c1nc2c(n1CCC1CCOC1)CCNC2. The first kappa shape index (κ1) is 10.3. The molecule has 2 aliphatic heterocycles. The summed E-state index contributed by atoms with van der Waals surface area (Å²) in [6.07, 6.45) is 5.60. The van der Waals surface area contributed by atoms with Crippen LogP contribution >= 0.6 is 0 Å². The zero-order chi connectivity index (χ0) is 10.8. The van der Waals surface area contributed by atoms with Gasteiger partial charge in [-0.05, 0) is 18.8 Å². The van der Waals surface area contributed by atoms with E-state index in [-0.39, 0.29) is 0 Å². The van der Waals surface area contributed by atoms with Crippen molar-refractivity contribution in [3.63, 3.8) is 0 Å². The van der Waals surface area contributed by atoms with Crippen molar-refractivity contribution in [3.05, 3.63) is 17.7 Å². The van der Waals surface area contributed by atoms with Crippen LogP contribution in [0.25, 0.3) is 0 Å². The van der Waals surface area contributed by atoms with Crippen LogP contribution in [0.15, 0.2) is 6.33 Å².